The molecule has 0 atom stereocenters. The van der Waals surface area contributed by atoms with E-state index in [2.05, 4.69) is 12.2 Å². The first-order valence-corrected chi connectivity index (χ1v) is 7.17. The van der Waals surface area contributed by atoms with Gasteiger partial charge in [0.1, 0.15) is 5.60 Å². The van der Waals surface area contributed by atoms with Gasteiger partial charge < -0.3 is 15.0 Å². The fraction of sp³-hybridized carbons (Fsp3) is 0.562. The molecule has 112 valence electrons. The third kappa shape index (κ3) is 5.11. The molecule has 1 aromatic rings. The minimum absolute atomic E-state index is 0.272. The number of hydrogen-bond donors (Lipinski definition) is 1. The number of nitrogens with zero attached hydrogens (tertiary/aromatic N) is 1. The van der Waals surface area contributed by atoms with Gasteiger partial charge in [-0.1, -0.05) is 18.2 Å². The van der Waals surface area contributed by atoms with Crippen LogP contribution in [0, 0.1) is 0 Å². The Morgan fingerprint density at radius 2 is 1.90 bits per heavy atom. The van der Waals surface area contributed by atoms with E-state index in [1.807, 2.05) is 52.0 Å². The smallest absolute Gasteiger partial charge is 0.410 e. The van der Waals surface area contributed by atoms with Crippen molar-refractivity contribution in [1.82, 2.24) is 4.90 Å². The number of benzene rings is 1. The van der Waals surface area contributed by atoms with Gasteiger partial charge in [-0.3, -0.25) is 0 Å². The summed E-state index contributed by atoms with van der Waals surface area (Å²) in [7, 11) is 0. The van der Waals surface area contributed by atoms with Crippen molar-refractivity contribution in [2.24, 2.45) is 0 Å². The first-order valence-electron chi connectivity index (χ1n) is 7.17. The van der Waals surface area contributed by atoms with Crippen LogP contribution in [0.4, 0.5) is 10.5 Å². The summed E-state index contributed by atoms with van der Waals surface area (Å²) in [5, 5.41) is 3.31. The highest BCUT2D eigenvalue weighted by Gasteiger charge is 2.21. The molecule has 1 aromatic carbocycles. The van der Waals surface area contributed by atoms with E-state index in [9.17, 15) is 4.79 Å². The monoisotopic (exact) mass is 278 g/mol. The van der Waals surface area contributed by atoms with E-state index in [4.69, 9.17) is 4.74 Å². The predicted octanol–water partition coefficient (Wildman–Crippen LogP) is 3.88. The summed E-state index contributed by atoms with van der Waals surface area (Å²) in [6.45, 7) is 11.7. The second-order valence-corrected chi connectivity index (χ2v) is 5.68. The average molecular weight is 278 g/mol. The van der Waals surface area contributed by atoms with Gasteiger partial charge in [0.25, 0.3) is 0 Å². The third-order valence-corrected chi connectivity index (χ3v) is 2.78. The molecule has 0 aliphatic heterocycles. The lowest BCUT2D eigenvalue weighted by Crippen LogP contribution is -2.36. The van der Waals surface area contributed by atoms with Crippen molar-refractivity contribution < 1.29 is 9.53 Å². The Labute approximate surface area is 122 Å². The Morgan fingerprint density at radius 1 is 1.25 bits per heavy atom. The highest BCUT2D eigenvalue weighted by atomic mass is 16.6. The average Bonchev–Trinajstić information content (AvgIpc) is 2.35. The molecular weight excluding hydrogens is 252 g/mol. The highest BCUT2D eigenvalue weighted by molar-refractivity contribution is 5.68. The molecule has 1 amide bonds. The van der Waals surface area contributed by atoms with Gasteiger partial charge in [0.15, 0.2) is 0 Å². The lowest BCUT2D eigenvalue weighted by molar-refractivity contribution is 0.0245. The van der Waals surface area contributed by atoms with E-state index in [0.717, 1.165) is 17.8 Å². The number of ether oxygens (including phenoxy) is 1. The maximum atomic E-state index is 12.1. The molecule has 1 rings (SSSR count). The van der Waals surface area contributed by atoms with Crippen LogP contribution in [0.2, 0.25) is 0 Å². The van der Waals surface area contributed by atoms with Gasteiger partial charge in [-0.2, -0.15) is 0 Å². The molecule has 4 nitrogen and oxygen atoms in total. The van der Waals surface area contributed by atoms with Gasteiger partial charge in [-0.25, -0.2) is 4.79 Å². The van der Waals surface area contributed by atoms with Crippen LogP contribution in [0.3, 0.4) is 0 Å². The van der Waals surface area contributed by atoms with E-state index >= 15 is 0 Å². The molecule has 0 saturated carbocycles. The zero-order valence-electron chi connectivity index (χ0n) is 13.2. The van der Waals surface area contributed by atoms with E-state index in [1.165, 1.54) is 0 Å². The van der Waals surface area contributed by atoms with Crippen LogP contribution in [0.25, 0.3) is 0 Å². The van der Waals surface area contributed by atoms with E-state index < -0.39 is 5.60 Å². The Kier molecular flexibility index (Phi) is 5.86. The van der Waals surface area contributed by atoms with Crippen molar-refractivity contribution in [3.8, 4) is 0 Å². The number of rotatable bonds is 5. The number of para-hydroxylation sites is 1. The molecule has 0 saturated heterocycles. The summed E-state index contributed by atoms with van der Waals surface area (Å²) >= 11 is 0. The summed E-state index contributed by atoms with van der Waals surface area (Å²) in [4.78, 5) is 13.9. The summed E-state index contributed by atoms with van der Waals surface area (Å²) < 4.78 is 5.43. The number of amides is 1. The van der Waals surface area contributed by atoms with Crippen LogP contribution in [0.15, 0.2) is 24.3 Å². The molecule has 0 aliphatic rings. The summed E-state index contributed by atoms with van der Waals surface area (Å²) in [5.74, 6) is 0. The molecule has 0 fully saturated rings. The number of nitrogens with one attached hydrogen (secondary N) is 1. The van der Waals surface area contributed by atoms with Gasteiger partial charge in [0.05, 0.1) is 6.54 Å². The zero-order chi connectivity index (χ0) is 15.2. The first-order chi connectivity index (χ1) is 9.37. The quantitative estimate of drug-likeness (QED) is 0.888. The molecule has 1 N–H and O–H groups in total. The molecule has 0 aromatic heterocycles. The summed E-state index contributed by atoms with van der Waals surface area (Å²) in [6, 6.07) is 8.04. The largest absolute Gasteiger partial charge is 0.444 e. The SMILES string of the molecule is CCNc1ccccc1CN(CC)C(=O)OC(C)(C)C. The van der Waals surface area contributed by atoms with Crippen molar-refractivity contribution in [2.75, 3.05) is 18.4 Å². The van der Waals surface area contributed by atoms with Gasteiger partial charge in [0, 0.05) is 18.8 Å². The standard InChI is InChI=1S/C16H26N2O2/c1-6-17-14-11-9-8-10-13(14)12-18(7-2)15(19)20-16(3,4)5/h8-11,17H,6-7,12H2,1-5H3. The van der Waals surface area contributed by atoms with Crippen LogP contribution in [0.5, 0.6) is 0 Å². The third-order valence-electron chi connectivity index (χ3n) is 2.78. The molecule has 4 heteroatoms. The second kappa shape index (κ2) is 7.17. The van der Waals surface area contributed by atoms with E-state index in [-0.39, 0.29) is 6.09 Å². The summed E-state index contributed by atoms with van der Waals surface area (Å²) in [6.07, 6.45) is -0.272. The van der Waals surface area contributed by atoms with Crippen LogP contribution in [-0.2, 0) is 11.3 Å². The van der Waals surface area contributed by atoms with Crippen molar-refractivity contribution in [1.29, 1.82) is 0 Å². The van der Waals surface area contributed by atoms with Gasteiger partial charge >= 0.3 is 6.09 Å². The lowest BCUT2D eigenvalue weighted by atomic mass is 10.1. The van der Waals surface area contributed by atoms with E-state index in [0.29, 0.717) is 13.1 Å². The molecule has 0 aliphatic carbocycles. The van der Waals surface area contributed by atoms with Crippen molar-refractivity contribution in [3.63, 3.8) is 0 Å². The van der Waals surface area contributed by atoms with Crippen molar-refractivity contribution in [3.05, 3.63) is 29.8 Å². The zero-order valence-corrected chi connectivity index (χ0v) is 13.2. The topological polar surface area (TPSA) is 41.6 Å². The molecule has 0 bridgehead atoms. The fourth-order valence-electron chi connectivity index (χ4n) is 1.86. The Bertz CT molecular complexity index is 438. The molecular formula is C16H26N2O2. The highest BCUT2D eigenvalue weighted by Crippen LogP contribution is 2.18. The van der Waals surface area contributed by atoms with Crippen molar-refractivity contribution in [2.45, 2.75) is 46.8 Å². The van der Waals surface area contributed by atoms with Gasteiger partial charge in [-0.05, 0) is 46.2 Å². The van der Waals surface area contributed by atoms with Crippen molar-refractivity contribution >= 4 is 11.8 Å². The van der Waals surface area contributed by atoms with Crippen LogP contribution >= 0.6 is 0 Å². The molecule has 0 radical (unpaired) electrons. The number of hydrogen-bond acceptors (Lipinski definition) is 3. The van der Waals surface area contributed by atoms with Crippen LogP contribution in [0.1, 0.15) is 40.2 Å². The Hall–Kier alpha value is -1.71. The minimum atomic E-state index is -0.467. The van der Waals surface area contributed by atoms with Crippen LogP contribution < -0.4 is 5.32 Å². The lowest BCUT2D eigenvalue weighted by Gasteiger charge is -2.27. The molecule has 0 heterocycles. The first kappa shape index (κ1) is 16.3. The maximum absolute atomic E-state index is 12.1. The Morgan fingerprint density at radius 3 is 2.45 bits per heavy atom. The Balaban J connectivity index is 2.80. The summed E-state index contributed by atoms with van der Waals surface area (Å²) in [5.41, 5.74) is 1.70. The fourth-order valence-corrected chi connectivity index (χ4v) is 1.86. The van der Waals surface area contributed by atoms with E-state index in [1.54, 1.807) is 4.90 Å². The second-order valence-electron chi connectivity index (χ2n) is 5.68. The minimum Gasteiger partial charge on any atom is -0.444 e. The predicted molar refractivity (Wildman–Crippen MR) is 82.9 cm³/mol. The number of anilines is 1. The van der Waals surface area contributed by atoms with Gasteiger partial charge in [-0.15, -0.1) is 0 Å². The number of carbonyl (C=O) groups is 1. The molecule has 0 spiro atoms. The maximum Gasteiger partial charge on any atom is 0.410 e. The number of carbonyl (C=O) groups excluding carboxylic acids is 1. The molecule has 0 unspecified atom stereocenters. The van der Waals surface area contributed by atoms with Gasteiger partial charge in [0.2, 0.25) is 0 Å². The normalized spacial score (nSPS) is 11.1. The molecule has 20 heavy (non-hydrogen) atoms. The van der Waals surface area contributed by atoms with Crippen LogP contribution in [-0.4, -0.2) is 29.7 Å².